The lowest BCUT2D eigenvalue weighted by atomic mass is 9.81. The lowest BCUT2D eigenvalue weighted by Crippen LogP contribution is -2.48. The number of nitrogens with one attached hydrogen (secondary N) is 1. The number of primary amides is 1. The molecule has 2 aliphatic rings. The van der Waals surface area contributed by atoms with Gasteiger partial charge < -0.3 is 16.0 Å². The molecule has 0 bridgehead atoms. The van der Waals surface area contributed by atoms with Gasteiger partial charge in [-0.15, -0.1) is 0 Å². The maximum atomic E-state index is 12.9. The third-order valence-electron chi connectivity index (χ3n) is 5.33. The molecule has 154 valence electrons. The molecule has 0 unspecified atom stereocenters. The minimum atomic E-state index is -2.61. The van der Waals surface area contributed by atoms with Crippen molar-refractivity contribution < 1.29 is 18.4 Å². The van der Waals surface area contributed by atoms with E-state index < -0.39 is 11.8 Å². The second kappa shape index (κ2) is 7.29. The molecule has 0 radical (unpaired) electrons. The van der Waals surface area contributed by atoms with E-state index in [0.717, 1.165) is 0 Å². The first-order valence-electron chi connectivity index (χ1n) is 9.29. The van der Waals surface area contributed by atoms with Gasteiger partial charge in [0.15, 0.2) is 0 Å². The molecule has 0 spiro atoms. The van der Waals surface area contributed by atoms with Gasteiger partial charge >= 0.3 is 6.03 Å². The molecule has 0 atom stereocenters. The van der Waals surface area contributed by atoms with E-state index in [4.69, 9.17) is 17.3 Å². The van der Waals surface area contributed by atoms with Crippen LogP contribution in [0.3, 0.4) is 0 Å². The smallest absolute Gasteiger partial charge is 0.317 e. The molecule has 4 rings (SSSR count). The predicted octanol–water partition coefficient (Wildman–Crippen LogP) is 2.87. The fourth-order valence-electron chi connectivity index (χ4n) is 3.86. The average Bonchev–Trinajstić information content (AvgIpc) is 3.03. The van der Waals surface area contributed by atoms with Crippen LogP contribution in [0.5, 0.6) is 0 Å². The summed E-state index contributed by atoms with van der Waals surface area (Å²) in [5.41, 5.74) is 7.50. The van der Waals surface area contributed by atoms with Gasteiger partial charge in [-0.2, -0.15) is 5.10 Å². The molecule has 1 aliphatic heterocycles. The molecular weight excluding hydrogens is 404 g/mol. The van der Waals surface area contributed by atoms with Gasteiger partial charge in [0.05, 0.1) is 24.3 Å². The molecular formula is C19H20ClF2N5O2. The van der Waals surface area contributed by atoms with Crippen LogP contribution in [0.2, 0.25) is 5.02 Å². The Hall–Kier alpha value is -2.68. The number of carbonyl (C=O) groups is 2. The first kappa shape index (κ1) is 19.6. The van der Waals surface area contributed by atoms with Crippen molar-refractivity contribution >= 4 is 23.5 Å². The van der Waals surface area contributed by atoms with Crippen LogP contribution in [0.1, 0.15) is 28.9 Å². The van der Waals surface area contributed by atoms with Crippen LogP contribution in [-0.4, -0.2) is 45.6 Å². The summed E-state index contributed by atoms with van der Waals surface area (Å²) in [6.07, 6.45) is -0.399. The molecule has 2 aromatic rings. The summed E-state index contributed by atoms with van der Waals surface area (Å²) in [4.78, 5) is 26.2. The second-order valence-corrected chi connectivity index (χ2v) is 7.94. The van der Waals surface area contributed by atoms with Crippen molar-refractivity contribution in [2.75, 3.05) is 13.1 Å². The minimum Gasteiger partial charge on any atom is -0.365 e. The Labute approximate surface area is 170 Å². The zero-order valence-electron chi connectivity index (χ0n) is 15.5. The lowest BCUT2D eigenvalue weighted by Gasteiger charge is -2.35. The summed E-state index contributed by atoms with van der Waals surface area (Å²) >= 11 is 6.05. The molecule has 1 aromatic carbocycles. The summed E-state index contributed by atoms with van der Waals surface area (Å²) in [5, 5.41) is 7.72. The van der Waals surface area contributed by atoms with E-state index in [1.54, 1.807) is 28.9 Å². The van der Waals surface area contributed by atoms with Crippen molar-refractivity contribution in [3.05, 3.63) is 40.5 Å². The number of hydrogen-bond acceptors (Lipinski definition) is 3. The number of benzene rings is 1. The van der Waals surface area contributed by atoms with E-state index in [2.05, 4.69) is 10.4 Å². The molecule has 10 heteroatoms. The largest absolute Gasteiger partial charge is 0.365 e. The van der Waals surface area contributed by atoms with Crippen LogP contribution in [0.15, 0.2) is 24.3 Å². The number of rotatable bonds is 4. The lowest BCUT2D eigenvalue weighted by molar-refractivity contribution is -0.108. The fraction of sp³-hybridized carbons (Fsp3) is 0.421. The highest BCUT2D eigenvalue weighted by atomic mass is 35.5. The Morgan fingerprint density at radius 1 is 1.31 bits per heavy atom. The number of nitrogens with zero attached hydrogens (tertiary/aromatic N) is 3. The van der Waals surface area contributed by atoms with Crippen molar-refractivity contribution in [3.63, 3.8) is 0 Å². The number of carbonyl (C=O) groups excluding carboxylic acids is 2. The van der Waals surface area contributed by atoms with Crippen molar-refractivity contribution in [3.8, 4) is 11.3 Å². The molecule has 1 fully saturated rings. The highest BCUT2D eigenvalue weighted by molar-refractivity contribution is 6.30. The van der Waals surface area contributed by atoms with E-state index in [-0.39, 0.29) is 43.4 Å². The molecule has 1 saturated carbocycles. The van der Waals surface area contributed by atoms with Gasteiger partial charge in [-0.3, -0.25) is 9.48 Å². The molecule has 2 heterocycles. The molecule has 1 aromatic heterocycles. The van der Waals surface area contributed by atoms with E-state index in [1.165, 1.54) is 4.90 Å². The van der Waals surface area contributed by atoms with Gasteiger partial charge in [-0.05, 0) is 18.1 Å². The Bertz CT molecular complexity index is 970. The van der Waals surface area contributed by atoms with Crippen LogP contribution in [0.25, 0.3) is 11.3 Å². The Balaban J connectivity index is 1.51. The molecule has 3 N–H and O–H groups in total. The first-order valence-corrected chi connectivity index (χ1v) is 9.67. The summed E-state index contributed by atoms with van der Waals surface area (Å²) in [6.45, 7) is 1.14. The number of urea groups is 1. The monoisotopic (exact) mass is 423 g/mol. The first-order chi connectivity index (χ1) is 13.7. The highest BCUT2D eigenvalue weighted by Crippen LogP contribution is 2.41. The Kier molecular flexibility index (Phi) is 4.94. The summed E-state index contributed by atoms with van der Waals surface area (Å²) < 4.78 is 27.5. The standard InChI is InChI=1S/C19H20ClF2N5O2/c20-13-3-1-2-12(6-13)16-15(17(23)28)14-10-26(4-5-27(14)25-16)18(29)24-9-11-7-19(21,22)8-11/h1-3,6,11H,4-5,7-10H2,(H2,23,28)(H,24,29). The normalized spacial score (nSPS) is 18.1. The summed E-state index contributed by atoms with van der Waals surface area (Å²) in [6, 6.07) is 6.60. The third-order valence-corrected chi connectivity index (χ3v) is 5.56. The van der Waals surface area contributed by atoms with E-state index in [0.29, 0.717) is 35.1 Å². The van der Waals surface area contributed by atoms with Crippen LogP contribution < -0.4 is 11.1 Å². The van der Waals surface area contributed by atoms with Crippen LogP contribution >= 0.6 is 11.6 Å². The van der Waals surface area contributed by atoms with Crippen LogP contribution in [0.4, 0.5) is 13.6 Å². The van der Waals surface area contributed by atoms with Crippen molar-refractivity contribution in [2.45, 2.75) is 31.9 Å². The molecule has 3 amide bonds. The highest BCUT2D eigenvalue weighted by Gasteiger charge is 2.45. The zero-order valence-corrected chi connectivity index (χ0v) is 16.3. The van der Waals surface area contributed by atoms with Crippen LogP contribution in [-0.2, 0) is 13.1 Å². The van der Waals surface area contributed by atoms with Gasteiger partial charge in [0.25, 0.3) is 5.91 Å². The third kappa shape index (κ3) is 3.91. The Morgan fingerprint density at radius 2 is 2.07 bits per heavy atom. The van der Waals surface area contributed by atoms with Crippen molar-refractivity contribution in [2.24, 2.45) is 11.7 Å². The average molecular weight is 424 g/mol. The SMILES string of the molecule is NC(=O)c1c(-c2cccc(Cl)c2)nn2c1CN(C(=O)NCC1CC(F)(F)C1)CC2. The van der Waals surface area contributed by atoms with E-state index in [9.17, 15) is 18.4 Å². The zero-order chi connectivity index (χ0) is 20.8. The van der Waals surface area contributed by atoms with Gasteiger partial charge in [0.1, 0.15) is 5.69 Å². The fourth-order valence-corrected chi connectivity index (χ4v) is 4.05. The van der Waals surface area contributed by atoms with E-state index in [1.807, 2.05) is 0 Å². The molecule has 0 saturated heterocycles. The molecule has 1 aliphatic carbocycles. The molecule has 7 nitrogen and oxygen atoms in total. The number of halogens is 3. The maximum absolute atomic E-state index is 12.9. The maximum Gasteiger partial charge on any atom is 0.317 e. The number of fused-ring (bicyclic) bond motifs is 1. The van der Waals surface area contributed by atoms with Gasteiger partial charge in [0, 0.05) is 36.5 Å². The number of amides is 3. The van der Waals surface area contributed by atoms with Crippen LogP contribution in [0, 0.1) is 5.92 Å². The predicted molar refractivity (Wildman–Crippen MR) is 103 cm³/mol. The Morgan fingerprint density at radius 3 is 2.72 bits per heavy atom. The van der Waals surface area contributed by atoms with Gasteiger partial charge in [-0.1, -0.05) is 23.7 Å². The summed E-state index contributed by atoms with van der Waals surface area (Å²) in [7, 11) is 0. The molecule has 29 heavy (non-hydrogen) atoms. The number of alkyl halides is 2. The number of hydrogen-bond donors (Lipinski definition) is 2. The topological polar surface area (TPSA) is 93.2 Å². The summed E-state index contributed by atoms with van der Waals surface area (Å²) in [5.74, 6) is -3.46. The van der Waals surface area contributed by atoms with Crippen molar-refractivity contribution in [1.29, 1.82) is 0 Å². The number of nitrogens with two attached hydrogens (primary N) is 1. The van der Waals surface area contributed by atoms with Crippen molar-refractivity contribution in [1.82, 2.24) is 20.0 Å². The quantitative estimate of drug-likeness (QED) is 0.791. The second-order valence-electron chi connectivity index (χ2n) is 7.51. The minimum absolute atomic E-state index is 0.151. The van der Waals surface area contributed by atoms with Gasteiger partial charge in [-0.25, -0.2) is 13.6 Å². The number of aromatic nitrogens is 2. The van der Waals surface area contributed by atoms with E-state index >= 15 is 0 Å². The van der Waals surface area contributed by atoms with Gasteiger partial charge in [0.2, 0.25) is 5.92 Å².